The molecule has 1 aromatic heterocycles. The Kier molecular flexibility index (Phi) is 7.08. The summed E-state index contributed by atoms with van der Waals surface area (Å²) >= 11 is 1.86. The summed E-state index contributed by atoms with van der Waals surface area (Å²) in [6.07, 6.45) is 0. The molecule has 9 aromatic carbocycles. The van der Waals surface area contributed by atoms with E-state index in [1.54, 1.807) is 0 Å². The van der Waals surface area contributed by atoms with Crippen molar-refractivity contribution in [3.05, 3.63) is 235 Å². The Hall–Kier alpha value is -7.00. The quantitative estimate of drug-likeness (QED) is 0.170. The van der Waals surface area contributed by atoms with Gasteiger partial charge in [0, 0.05) is 37.2 Å². The van der Waals surface area contributed by atoms with Gasteiger partial charge in [-0.1, -0.05) is 164 Å². The summed E-state index contributed by atoms with van der Waals surface area (Å²) in [7, 11) is 0. The van der Waals surface area contributed by atoms with Gasteiger partial charge in [-0.25, -0.2) is 0 Å². The van der Waals surface area contributed by atoms with Crippen molar-refractivity contribution in [2.24, 2.45) is 0 Å². The molecule has 0 saturated carbocycles. The van der Waals surface area contributed by atoms with Crippen molar-refractivity contribution in [2.75, 3.05) is 4.90 Å². The normalized spacial score (nSPS) is 13.1. The van der Waals surface area contributed by atoms with Gasteiger partial charge in [0.1, 0.15) is 0 Å². The van der Waals surface area contributed by atoms with E-state index >= 15 is 0 Å². The van der Waals surface area contributed by atoms with E-state index in [9.17, 15) is 0 Å². The standard InChI is InChI=1S/C55H35NS/c1-2-13-36(14-3-1)38-15-12-16-41(33-38)56(42-30-32-48-47-20-7-11-24-53(47)57-54(48)35-42)40-28-25-37(26-29-40)39-27-31-46-45-19-6-10-23-51(45)55(52(46)34-39)49-21-8-4-17-43(49)44-18-5-9-22-50(44)55/h1-35H. The average molecular weight is 742 g/mol. The molecule has 0 atom stereocenters. The zero-order chi connectivity index (χ0) is 37.5. The van der Waals surface area contributed by atoms with Crippen LogP contribution >= 0.6 is 11.3 Å². The molecule has 2 heteroatoms. The van der Waals surface area contributed by atoms with Crippen LogP contribution in [0.1, 0.15) is 22.3 Å². The summed E-state index contributed by atoms with van der Waals surface area (Å²) < 4.78 is 2.60. The number of thiophene rings is 1. The summed E-state index contributed by atoms with van der Waals surface area (Å²) in [5.74, 6) is 0. The summed E-state index contributed by atoms with van der Waals surface area (Å²) in [5.41, 5.74) is 18.6. The predicted octanol–water partition coefficient (Wildman–Crippen LogP) is 15.2. The van der Waals surface area contributed by atoms with E-state index in [1.807, 2.05) is 11.3 Å². The minimum Gasteiger partial charge on any atom is -0.310 e. The maximum Gasteiger partial charge on any atom is 0.0725 e. The van der Waals surface area contributed by atoms with Gasteiger partial charge in [0.15, 0.2) is 0 Å². The van der Waals surface area contributed by atoms with Crippen LogP contribution < -0.4 is 4.90 Å². The van der Waals surface area contributed by atoms with Gasteiger partial charge in [0.2, 0.25) is 0 Å². The summed E-state index contributed by atoms with van der Waals surface area (Å²) in [4.78, 5) is 2.40. The van der Waals surface area contributed by atoms with E-state index in [2.05, 4.69) is 217 Å². The highest BCUT2D eigenvalue weighted by Gasteiger charge is 2.51. The molecule has 0 bridgehead atoms. The lowest BCUT2D eigenvalue weighted by atomic mass is 9.70. The molecule has 2 aliphatic carbocycles. The minimum absolute atomic E-state index is 0.360. The summed E-state index contributed by atoms with van der Waals surface area (Å²) in [6.45, 7) is 0. The van der Waals surface area contributed by atoms with Gasteiger partial charge in [0.05, 0.1) is 5.41 Å². The molecule has 0 N–H and O–H groups in total. The first-order valence-electron chi connectivity index (χ1n) is 19.7. The third-order valence-corrected chi connectivity index (χ3v) is 13.4. The topological polar surface area (TPSA) is 3.24 Å². The minimum atomic E-state index is -0.360. The molecule has 12 rings (SSSR count). The highest BCUT2D eigenvalue weighted by atomic mass is 32.1. The number of benzene rings is 9. The third kappa shape index (κ3) is 4.75. The summed E-state index contributed by atoms with van der Waals surface area (Å²) in [5, 5.41) is 2.62. The fraction of sp³-hybridized carbons (Fsp3) is 0.0182. The molecular formula is C55H35NS. The van der Waals surface area contributed by atoms with Crippen molar-refractivity contribution >= 4 is 48.6 Å². The highest BCUT2D eigenvalue weighted by Crippen LogP contribution is 2.63. The fourth-order valence-electron chi connectivity index (χ4n) is 9.83. The van der Waals surface area contributed by atoms with Crippen molar-refractivity contribution < 1.29 is 0 Å². The average Bonchev–Trinajstić information content (AvgIpc) is 3.91. The van der Waals surface area contributed by atoms with Gasteiger partial charge >= 0.3 is 0 Å². The molecule has 1 nitrogen and oxygen atoms in total. The van der Waals surface area contributed by atoms with Gasteiger partial charge in [-0.05, 0) is 115 Å². The molecule has 0 fully saturated rings. The van der Waals surface area contributed by atoms with E-state index in [0.717, 1.165) is 17.1 Å². The van der Waals surface area contributed by atoms with Crippen LogP contribution in [0.4, 0.5) is 17.1 Å². The zero-order valence-corrected chi connectivity index (χ0v) is 31.9. The smallest absolute Gasteiger partial charge is 0.0725 e. The molecule has 1 heterocycles. The Morgan fingerprint density at radius 2 is 0.807 bits per heavy atom. The highest BCUT2D eigenvalue weighted by molar-refractivity contribution is 7.25. The number of hydrogen-bond acceptors (Lipinski definition) is 2. The van der Waals surface area contributed by atoms with Gasteiger partial charge in [-0.2, -0.15) is 0 Å². The Morgan fingerprint density at radius 3 is 1.53 bits per heavy atom. The van der Waals surface area contributed by atoms with E-state index in [-0.39, 0.29) is 5.41 Å². The van der Waals surface area contributed by atoms with E-state index in [4.69, 9.17) is 0 Å². The first-order chi connectivity index (χ1) is 28.3. The first kappa shape index (κ1) is 32.3. The number of anilines is 3. The maximum absolute atomic E-state index is 2.47. The van der Waals surface area contributed by atoms with Crippen LogP contribution in [0.15, 0.2) is 212 Å². The Bertz CT molecular complexity index is 3130. The largest absolute Gasteiger partial charge is 0.310 e. The maximum atomic E-state index is 2.47. The first-order valence-corrected chi connectivity index (χ1v) is 20.5. The van der Waals surface area contributed by atoms with Crippen LogP contribution in [0.25, 0.3) is 64.7 Å². The van der Waals surface area contributed by atoms with Crippen molar-refractivity contribution in [3.8, 4) is 44.5 Å². The SMILES string of the molecule is c1ccc(-c2cccc(N(c3ccc(-c4ccc5c(c4)C4(c6ccccc6-c6ccccc64)c4ccccc4-5)cc3)c3ccc4c(c3)sc3ccccc34)c2)cc1. The number of fused-ring (bicyclic) bond motifs is 13. The van der Waals surface area contributed by atoms with Crippen molar-refractivity contribution in [1.82, 2.24) is 0 Å². The van der Waals surface area contributed by atoms with Gasteiger partial charge < -0.3 is 4.90 Å². The second kappa shape index (κ2) is 12.5. The predicted molar refractivity (Wildman–Crippen MR) is 241 cm³/mol. The fourth-order valence-corrected chi connectivity index (χ4v) is 11.0. The lowest BCUT2D eigenvalue weighted by Crippen LogP contribution is -2.25. The molecule has 10 aromatic rings. The van der Waals surface area contributed by atoms with Crippen LogP contribution in [-0.2, 0) is 5.41 Å². The Labute approximate surface area is 336 Å². The monoisotopic (exact) mass is 741 g/mol. The van der Waals surface area contributed by atoms with Crippen molar-refractivity contribution in [2.45, 2.75) is 5.41 Å². The second-order valence-corrected chi connectivity index (χ2v) is 16.3. The van der Waals surface area contributed by atoms with Gasteiger partial charge in [-0.3, -0.25) is 0 Å². The van der Waals surface area contributed by atoms with Crippen molar-refractivity contribution in [1.29, 1.82) is 0 Å². The van der Waals surface area contributed by atoms with Gasteiger partial charge in [-0.15, -0.1) is 11.3 Å². The molecule has 2 aliphatic rings. The lowest BCUT2D eigenvalue weighted by molar-refractivity contribution is 0.794. The molecule has 266 valence electrons. The lowest BCUT2D eigenvalue weighted by Gasteiger charge is -2.30. The number of rotatable bonds is 5. The summed E-state index contributed by atoms with van der Waals surface area (Å²) in [6, 6.07) is 78.6. The van der Waals surface area contributed by atoms with Crippen LogP contribution in [-0.4, -0.2) is 0 Å². The van der Waals surface area contributed by atoms with Gasteiger partial charge in [0.25, 0.3) is 0 Å². The Morgan fingerprint density at radius 1 is 0.298 bits per heavy atom. The zero-order valence-electron chi connectivity index (χ0n) is 31.1. The van der Waals surface area contributed by atoms with Crippen molar-refractivity contribution in [3.63, 3.8) is 0 Å². The number of nitrogens with zero attached hydrogens (tertiary/aromatic N) is 1. The molecule has 0 amide bonds. The van der Waals surface area contributed by atoms with E-state index in [1.165, 1.54) is 86.9 Å². The second-order valence-electron chi connectivity index (χ2n) is 15.2. The molecule has 0 unspecified atom stereocenters. The molecule has 0 aliphatic heterocycles. The molecule has 0 saturated heterocycles. The molecule has 1 spiro atoms. The third-order valence-electron chi connectivity index (χ3n) is 12.3. The van der Waals surface area contributed by atoms with Crippen LogP contribution in [0.5, 0.6) is 0 Å². The van der Waals surface area contributed by atoms with Crippen LogP contribution in [0.2, 0.25) is 0 Å². The van der Waals surface area contributed by atoms with E-state index < -0.39 is 0 Å². The molecule has 0 radical (unpaired) electrons. The molecule has 57 heavy (non-hydrogen) atoms. The Balaban J connectivity index is 0.999. The van der Waals surface area contributed by atoms with Crippen LogP contribution in [0.3, 0.4) is 0 Å². The van der Waals surface area contributed by atoms with E-state index in [0.29, 0.717) is 0 Å². The number of hydrogen-bond donors (Lipinski definition) is 0. The van der Waals surface area contributed by atoms with Crippen LogP contribution in [0, 0.1) is 0 Å². The molecular weight excluding hydrogens is 707 g/mol.